The zero-order valence-corrected chi connectivity index (χ0v) is 10.9. The summed E-state index contributed by atoms with van der Waals surface area (Å²) in [5.41, 5.74) is 2.10. The molecule has 80 valence electrons. The van der Waals surface area contributed by atoms with Crippen LogP contribution in [-0.2, 0) is 11.2 Å². The van der Waals surface area contributed by atoms with Gasteiger partial charge in [-0.05, 0) is 18.1 Å². The van der Waals surface area contributed by atoms with Crippen molar-refractivity contribution >= 4 is 34.2 Å². The molecular formula is C12H14INO. The van der Waals surface area contributed by atoms with Crippen molar-refractivity contribution in [2.45, 2.75) is 6.42 Å². The second-order valence-corrected chi connectivity index (χ2v) is 3.97. The number of halogens is 1. The van der Waals surface area contributed by atoms with E-state index in [4.69, 9.17) is 0 Å². The summed E-state index contributed by atoms with van der Waals surface area (Å²) in [6, 6.07) is 7.90. The predicted molar refractivity (Wildman–Crippen MR) is 72.6 cm³/mol. The molecule has 0 aromatic heterocycles. The van der Waals surface area contributed by atoms with Crippen LogP contribution in [0.5, 0.6) is 0 Å². The van der Waals surface area contributed by atoms with Gasteiger partial charge in [0.1, 0.15) is 0 Å². The number of carbonyl (C=O) groups excluding carboxylic acids is 1. The molecule has 3 heteroatoms. The number of nitrogens with zero attached hydrogens (tertiary/aromatic N) is 1. The maximum atomic E-state index is 11.6. The van der Waals surface area contributed by atoms with Crippen LogP contribution in [0.2, 0.25) is 0 Å². The highest BCUT2D eigenvalue weighted by molar-refractivity contribution is 14.1. The van der Waals surface area contributed by atoms with Crippen molar-refractivity contribution in [3.63, 3.8) is 0 Å². The third kappa shape index (κ3) is 3.06. The molecule has 0 radical (unpaired) electrons. The molecule has 0 fully saturated rings. The molecule has 15 heavy (non-hydrogen) atoms. The van der Waals surface area contributed by atoms with Crippen LogP contribution in [0.3, 0.4) is 0 Å². The zero-order chi connectivity index (χ0) is 11.3. The molecule has 1 amide bonds. The Morgan fingerprint density at radius 3 is 2.80 bits per heavy atom. The van der Waals surface area contributed by atoms with E-state index in [2.05, 4.69) is 29.2 Å². The fraction of sp³-hybridized carbons (Fsp3) is 0.250. The largest absolute Gasteiger partial charge is 0.315 e. The van der Waals surface area contributed by atoms with Gasteiger partial charge in [0, 0.05) is 12.7 Å². The average Bonchev–Trinajstić information content (AvgIpc) is 2.28. The van der Waals surface area contributed by atoms with E-state index in [-0.39, 0.29) is 5.91 Å². The Labute approximate surface area is 104 Å². The molecule has 1 aromatic rings. The minimum atomic E-state index is 0.118. The van der Waals surface area contributed by atoms with Crippen molar-refractivity contribution in [1.29, 1.82) is 0 Å². The summed E-state index contributed by atoms with van der Waals surface area (Å²) >= 11 is 2.08. The number of rotatable bonds is 4. The lowest BCUT2D eigenvalue weighted by molar-refractivity contribution is -0.115. The summed E-state index contributed by atoms with van der Waals surface area (Å²) < 4.78 is 0.497. The van der Waals surface area contributed by atoms with Crippen LogP contribution < -0.4 is 4.90 Å². The van der Waals surface area contributed by atoms with Crippen LogP contribution in [0, 0.1) is 0 Å². The number of amides is 1. The Bertz CT molecular complexity index is 362. The molecule has 0 aliphatic rings. The van der Waals surface area contributed by atoms with Gasteiger partial charge in [-0.15, -0.1) is 6.58 Å². The summed E-state index contributed by atoms with van der Waals surface area (Å²) in [5.74, 6) is 0.118. The first-order chi connectivity index (χ1) is 7.20. The molecule has 0 N–H and O–H groups in total. The van der Waals surface area contributed by atoms with Crippen molar-refractivity contribution in [3.05, 3.63) is 42.5 Å². The van der Waals surface area contributed by atoms with E-state index >= 15 is 0 Å². The third-order valence-corrected chi connectivity index (χ3v) is 2.86. The molecule has 0 saturated heterocycles. The second kappa shape index (κ2) is 5.90. The highest BCUT2D eigenvalue weighted by atomic mass is 127. The van der Waals surface area contributed by atoms with E-state index in [0.29, 0.717) is 4.43 Å². The number of anilines is 1. The maximum absolute atomic E-state index is 11.6. The van der Waals surface area contributed by atoms with Gasteiger partial charge in [-0.1, -0.05) is 46.9 Å². The van der Waals surface area contributed by atoms with Crippen LogP contribution in [0.25, 0.3) is 0 Å². The van der Waals surface area contributed by atoms with E-state index < -0.39 is 0 Å². The molecule has 0 heterocycles. The Hall–Kier alpha value is -0.840. The summed E-state index contributed by atoms with van der Waals surface area (Å²) in [5, 5.41) is 0. The lowest BCUT2D eigenvalue weighted by Crippen LogP contribution is -2.27. The molecular weight excluding hydrogens is 301 g/mol. The van der Waals surface area contributed by atoms with Crippen molar-refractivity contribution in [2.24, 2.45) is 0 Å². The Kier molecular flexibility index (Phi) is 4.81. The lowest BCUT2D eigenvalue weighted by atomic mass is 10.1. The molecule has 0 atom stereocenters. The van der Waals surface area contributed by atoms with Crippen molar-refractivity contribution in [2.75, 3.05) is 16.4 Å². The second-order valence-electron chi connectivity index (χ2n) is 3.21. The summed E-state index contributed by atoms with van der Waals surface area (Å²) in [6.07, 6.45) is 2.64. The number of para-hydroxylation sites is 1. The van der Waals surface area contributed by atoms with Crippen LogP contribution in [-0.4, -0.2) is 17.4 Å². The van der Waals surface area contributed by atoms with Gasteiger partial charge >= 0.3 is 0 Å². The fourth-order valence-electron chi connectivity index (χ4n) is 1.39. The molecule has 0 bridgehead atoms. The van der Waals surface area contributed by atoms with E-state index in [0.717, 1.165) is 17.7 Å². The van der Waals surface area contributed by atoms with Gasteiger partial charge in [0.05, 0.1) is 4.43 Å². The zero-order valence-electron chi connectivity index (χ0n) is 8.74. The van der Waals surface area contributed by atoms with Gasteiger partial charge in [0.25, 0.3) is 0 Å². The summed E-state index contributed by atoms with van der Waals surface area (Å²) in [4.78, 5) is 13.3. The van der Waals surface area contributed by atoms with Crippen molar-refractivity contribution in [3.8, 4) is 0 Å². The number of hydrogen-bond donors (Lipinski definition) is 0. The highest BCUT2D eigenvalue weighted by Crippen LogP contribution is 2.20. The van der Waals surface area contributed by atoms with Gasteiger partial charge in [-0.2, -0.15) is 0 Å². The number of alkyl halides is 1. The highest BCUT2D eigenvalue weighted by Gasteiger charge is 2.11. The SMILES string of the molecule is C=CCc1ccccc1N(C)C(=O)CI. The standard InChI is InChI=1S/C12H14INO/c1-3-6-10-7-4-5-8-11(10)14(2)12(15)9-13/h3-5,7-8H,1,6,9H2,2H3. The molecule has 1 aromatic carbocycles. The minimum Gasteiger partial charge on any atom is -0.315 e. The van der Waals surface area contributed by atoms with E-state index in [1.807, 2.05) is 37.4 Å². The fourth-order valence-corrected chi connectivity index (χ4v) is 1.90. The summed E-state index contributed by atoms with van der Waals surface area (Å²) in [7, 11) is 1.81. The Morgan fingerprint density at radius 2 is 2.20 bits per heavy atom. The van der Waals surface area contributed by atoms with E-state index in [1.54, 1.807) is 4.90 Å². The third-order valence-electron chi connectivity index (χ3n) is 2.21. The average molecular weight is 315 g/mol. The molecule has 0 saturated carbocycles. The summed E-state index contributed by atoms with van der Waals surface area (Å²) in [6.45, 7) is 3.72. The topological polar surface area (TPSA) is 20.3 Å². The Balaban J connectivity index is 3.01. The quantitative estimate of drug-likeness (QED) is 0.475. The normalized spacial score (nSPS) is 9.73. The molecule has 0 unspecified atom stereocenters. The lowest BCUT2D eigenvalue weighted by Gasteiger charge is -2.19. The van der Waals surface area contributed by atoms with Gasteiger partial charge in [-0.25, -0.2) is 0 Å². The Morgan fingerprint density at radius 1 is 1.53 bits per heavy atom. The van der Waals surface area contributed by atoms with Crippen LogP contribution >= 0.6 is 22.6 Å². The van der Waals surface area contributed by atoms with Crippen molar-refractivity contribution < 1.29 is 4.79 Å². The predicted octanol–water partition coefficient (Wildman–Crippen LogP) is 2.81. The molecule has 0 aliphatic carbocycles. The van der Waals surface area contributed by atoms with Gasteiger partial charge in [0.2, 0.25) is 5.91 Å². The van der Waals surface area contributed by atoms with Crippen LogP contribution in [0.15, 0.2) is 36.9 Å². The molecule has 2 nitrogen and oxygen atoms in total. The van der Waals surface area contributed by atoms with Crippen LogP contribution in [0.4, 0.5) is 5.69 Å². The first-order valence-corrected chi connectivity index (χ1v) is 6.24. The van der Waals surface area contributed by atoms with E-state index in [9.17, 15) is 4.79 Å². The monoisotopic (exact) mass is 315 g/mol. The first-order valence-electron chi connectivity index (χ1n) is 4.72. The van der Waals surface area contributed by atoms with Gasteiger partial charge in [-0.3, -0.25) is 4.79 Å². The van der Waals surface area contributed by atoms with Crippen LogP contribution in [0.1, 0.15) is 5.56 Å². The van der Waals surface area contributed by atoms with E-state index in [1.165, 1.54) is 0 Å². The first kappa shape index (κ1) is 12.2. The number of benzene rings is 1. The number of hydrogen-bond acceptors (Lipinski definition) is 1. The number of allylic oxidation sites excluding steroid dienone is 1. The van der Waals surface area contributed by atoms with Crippen molar-refractivity contribution in [1.82, 2.24) is 0 Å². The molecule has 1 rings (SSSR count). The minimum absolute atomic E-state index is 0.118. The smallest absolute Gasteiger partial charge is 0.236 e. The number of carbonyl (C=O) groups is 1. The molecule has 0 spiro atoms. The molecule has 0 aliphatic heterocycles. The van der Waals surface area contributed by atoms with Gasteiger partial charge in [0.15, 0.2) is 0 Å². The van der Waals surface area contributed by atoms with Gasteiger partial charge < -0.3 is 4.90 Å². The maximum Gasteiger partial charge on any atom is 0.236 e.